The highest BCUT2D eigenvalue weighted by atomic mass is 16.4. The standard InChI is InChI=1S/C24H19NO4/c26-23(27)22(24(28)29)21(16-9-3-1-4-10-16)19-15-25(17-11-5-2-6-12-17)20-14-8-7-13-18(19)20/h1-15,21-22H,(H,26,27)(H,28,29). The molecule has 0 saturated heterocycles. The quantitative estimate of drug-likeness (QED) is 0.477. The van der Waals surface area contributed by atoms with Gasteiger partial charge in [-0.3, -0.25) is 9.59 Å². The van der Waals surface area contributed by atoms with Crippen molar-refractivity contribution in [2.24, 2.45) is 5.92 Å². The number of fused-ring (bicyclic) bond motifs is 1. The normalized spacial score (nSPS) is 12.2. The van der Waals surface area contributed by atoms with Gasteiger partial charge in [-0.25, -0.2) is 0 Å². The molecule has 2 N–H and O–H groups in total. The first-order valence-corrected chi connectivity index (χ1v) is 9.24. The van der Waals surface area contributed by atoms with Crippen LogP contribution >= 0.6 is 0 Å². The molecule has 0 fully saturated rings. The minimum atomic E-state index is -1.60. The number of rotatable bonds is 6. The number of carboxylic acids is 2. The Morgan fingerprint density at radius 1 is 0.724 bits per heavy atom. The van der Waals surface area contributed by atoms with Crippen molar-refractivity contribution in [1.29, 1.82) is 0 Å². The second kappa shape index (κ2) is 7.64. The lowest BCUT2D eigenvalue weighted by Gasteiger charge is -2.21. The fraction of sp³-hybridized carbons (Fsp3) is 0.0833. The van der Waals surface area contributed by atoms with Crippen molar-refractivity contribution < 1.29 is 19.8 Å². The minimum Gasteiger partial charge on any atom is -0.481 e. The summed E-state index contributed by atoms with van der Waals surface area (Å²) in [6, 6.07) is 26.3. The lowest BCUT2D eigenvalue weighted by molar-refractivity contribution is -0.155. The minimum absolute atomic E-state index is 0.651. The van der Waals surface area contributed by atoms with Crippen LogP contribution in [0.3, 0.4) is 0 Å². The SMILES string of the molecule is O=C(O)C(C(=O)O)C(c1ccccc1)c1cn(-c2ccccc2)c2ccccc12. The lowest BCUT2D eigenvalue weighted by atomic mass is 9.80. The molecule has 0 aliphatic carbocycles. The van der Waals surface area contributed by atoms with Gasteiger partial charge in [0.1, 0.15) is 0 Å². The van der Waals surface area contributed by atoms with Gasteiger partial charge in [-0.05, 0) is 29.3 Å². The molecule has 4 rings (SSSR count). The van der Waals surface area contributed by atoms with Gasteiger partial charge in [-0.2, -0.15) is 0 Å². The second-order valence-corrected chi connectivity index (χ2v) is 6.85. The summed E-state index contributed by atoms with van der Waals surface area (Å²) in [4.78, 5) is 23.9. The van der Waals surface area contributed by atoms with Crippen molar-refractivity contribution in [3.05, 3.63) is 102 Å². The fourth-order valence-electron chi connectivity index (χ4n) is 3.86. The third-order valence-corrected chi connectivity index (χ3v) is 5.14. The van der Waals surface area contributed by atoms with Gasteiger partial charge in [0.2, 0.25) is 0 Å². The number of carboxylic acid groups (broad SMARTS) is 2. The van der Waals surface area contributed by atoms with Crippen LogP contribution in [-0.2, 0) is 9.59 Å². The molecule has 0 amide bonds. The average molecular weight is 385 g/mol. The van der Waals surface area contributed by atoms with E-state index in [-0.39, 0.29) is 0 Å². The molecule has 3 aromatic carbocycles. The predicted octanol–water partition coefficient (Wildman–Crippen LogP) is 4.55. The molecular weight excluding hydrogens is 366 g/mol. The number of aromatic nitrogens is 1. The van der Waals surface area contributed by atoms with Crippen molar-refractivity contribution >= 4 is 22.8 Å². The summed E-state index contributed by atoms with van der Waals surface area (Å²) >= 11 is 0. The number of hydrogen-bond donors (Lipinski definition) is 2. The summed E-state index contributed by atoms with van der Waals surface area (Å²) in [5.74, 6) is -5.15. The highest BCUT2D eigenvalue weighted by Gasteiger charge is 2.38. The summed E-state index contributed by atoms with van der Waals surface area (Å²) in [6.45, 7) is 0. The molecule has 5 nitrogen and oxygen atoms in total. The number of benzene rings is 3. The van der Waals surface area contributed by atoms with Crippen LogP contribution in [-0.4, -0.2) is 26.7 Å². The van der Waals surface area contributed by atoms with Gasteiger partial charge in [-0.1, -0.05) is 66.7 Å². The zero-order chi connectivity index (χ0) is 20.4. The Bertz CT molecular complexity index is 1150. The fourth-order valence-corrected chi connectivity index (χ4v) is 3.86. The van der Waals surface area contributed by atoms with Gasteiger partial charge in [0, 0.05) is 23.2 Å². The first-order chi connectivity index (χ1) is 14.1. The third-order valence-electron chi connectivity index (χ3n) is 5.14. The molecule has 29 heavy (non-hydrogen) atoms. The average Bonchev–Trinajstić information content (AvgIpc) is 3.12. The summed E-state index contributed by atoms with van der Waals surface area (Å²) in [5, 5.41) is 20.3. The van der Waals surface area contributed by atoms with Crippen molar-refractivity contribution in [2.45, 2.75) is 5.92 Å². The number of hydrogen-bond acceptors (Lipinski definition) is 2. The number of nitrogens with zero attached hydrogens (tertiary/aromatic N) is 1. The largest absolute Gasteiger partial charge is 0.481 e. The maximum Gasteiger partial charge on any atom is 0.318 e. The molecule has 0 aliphatic heterocycles. The van der Waals surface area contributed by atoms with Gasteiger partial charge in [0.15, 0.2) is 5.92 Å². The molecule has 4 aromatic rings. The van der Waals surface area contributed by atoms with Gasteiger partial charge < -0.3 is 14.8 Å². The molecule has 1 aromatic heterocycles. The van der Waals surface area contributed by atoms with Crippen molar-refractivity contribution in [3.8, 4) is 5.69 Å². The zero-order valence-corrected chi connectivity index (χ0v) is 15.5. The predicted molar refractivity (Wildman–Crippen MR) is 110 cm³/mol. The molecule has 0 bridgehead atoms. The molecule has 1 unspecified atom stereocenters. The van der Waals surface area contributed by atoms with Crippen molar-refractivity contribution in [1.82, 2.24) is 4.57 Å². The van der Waals surface area contributed by atoms with Crippen molar-refractivity contribution in [3.63, 3.8) is 0 Å². The first kappa shape index (κ1) is 18.5. The molecule has 1 atom stereocenters. The van der Waals surface area contributed by atoms with Crippen LogP contribution in [0.15, 0.2) is 91.1 Å². The summed E-state index contributed by atoms with van der Waals surface area (Å²) < 4.78 is 1.97. The molecular formula is C24H19NO4. The summed E-state index contributed by atoms with van der Waals surface area (Å²) in [6.07, 6.45) is 1.86. The highest BCUT2D eigenvalue weighted by molar-refractivity contribution is 5.96. The zero-order valence-electron chi connectivity index (χ0n) is 15.5. The Hall–Kier alpha value is -3.86. The Morgan fingerprint density at radius 3 is 1.90 bits per heavy atom. The van der Waals surface area contributed by atoms with Crippen LogP contribution in [0.5, 0.6) is 0 Å². The van der Waals surface area contributed by atoms with E-state index in [4.69, 9.17) is 0 Å². The molecule has 144 valence electrons. The van der Waals surface area contributed by atoms with Crippen LogP contribution in [0.25, 0.3) is 16.6 Å². The van der Waals surface area contributed by atoms with Crippen LogP contribution in [0, 0.1) is 5.92 Å². The number of carbonyl (C=O) groups is 2. The Balaban J connectivity index is 2.01. The van der Waals surface area contributed by atoms with Crippen molar-refractivity contribution in [2.75, 3.05) is 0 Å². The van der Waals surface area contributed by atoms with E-state index in [1.807, 2.05) is 71.4 Å². The molecule has 5 heteroatoms. The smallest absolute Gasteiger partial charge is 0.318 e. The molecule has 0 radical (unpaired) electrons. The molecule has 0 aliphatic rings. The van der Waals surface area contributed by atoms with Crippen LogP contribution in [0.2, 0.25) is 0 Å². The number of para-hydroxylation sites is 2. The van der Waals surface area contributed by atoms with Crippen LogP contribution < -0.4 is 0 Å². The van der Waals surface area contributed by atoms with E-state index in [1.165, 1.54) is 0 Å². The summed E-state index contributed by atoms with van der Waals surface area (Å²) in [7, 11) is 0. The van der Waals surface area contributed by atoms with E-state index in [0.29, 0.717) is 11.1 Å². The highest BCUT2D eigenvalue weighted by Crippen LogP contribution is 2.38. The maximum absolute atomic E-state index is 12.0. The molecule has 0 saturated carbocycles. The molecule has 0 spiro atoms. The van der Waals surface area contributed by atoms with E-state index in [2.05, 4.69) is 0 Å². The topological polar surface area (TPSA) is 79.5 Å². The third kappa shape index (κ3) is 3.38. The number of aliphatic carboxylic acids is 2. The lowest BCUT2D eigenvalue weighted by Crippen LogP contribution is -2.30. The van der Waals surface area contributed by atoms with E-state index in [1.54, 1.807) is 24.3 Å². The van der Waals surface area contributed by atoms with Gasteiger partial charge in [-0.15, -0.1) is 0 Å². The van der Waals surface area contributed by atoms with Gasteiger partial charge in [0.05, 0.1) is 5.52 Å². The van der Waals surface area contributed by atoms with Crippen LogP contribution in [0.1, 0.15) is 17.0 Å². The van der Waals surface area contributed by atoms with E-state index < -0.39 is 23.8 Å². The monoisotopic (exact) mass is 385 g/mol. The summed E-state index contributed by atoms with van der Waals surface area (Å²) in [5.41, 5.74) is 3.14. The van der Waals surface area contributed by atoms with Crippen LogP contribution in [0.4, 0.5) is 0 Å². The second-order valence-electron chi connectivity index (χ2n) is 6.85. The Kier molecular flexibility index (Phi) is 4.87. The Morgan fingerprint density at radius 2 is 1.28 bits per heavy atom. The van der Waals surface area contributed by atoms with E-state index in [0.717, 1.165) is 16.6 Å². The Labute approximate surface area is 167 Å². The van der Waals surface area contributed by atoms with Gasteiger partial charge >= 0.3 is 11.9 Å². The maximum atomic E-state index is 12.0. The van der Waals surface area contributed by atoms with E-state index in [9.17, 15) is 19.8 Å². The van der Waals surface area contributed by atoms with Gasteiger partial charge in [0.25, 0.3) is 0 Å². The van der Waals surface area contributed by atoms with E-state index >= 15 is 0 Å². The first-order valence-electron chi connectivity index (χ1n) is 9.24. The molecule has 1 heterocycles.